The number of aryl methyl sites for hydroxylation is 2. The van der Waals surface area contributed by atoms with E-state index >= 15 is 4.39 Å². The van der Waals surface area contributed by atoms with Crippen LogP contribution in [0.15, 0.2) is 26.1 Å². The average molecular weight is 472 g/mol. The van der Waals surface area contributed by atoms with Crippen LogP contribution < -0.4 is 26.7 Å². The first kappa shape index (κ1) is 22.6. The van der Waals surface area contributed by atoms with E-state index in [1.54, 1.807) is 4.57 Å². The van der Waals surface area contributed by atoms with Gasteiger partial charge in [0.1, 0.15) is 11.6 Å². The van der Waals surface area contributed by atoms with Gasteiger partial charge in [0.05, 0.1) is 17.8 Å². The SMILES string of the molecule is Cc1c(N2CC[C@@H]([C@H](C)N)C2)c(F)cc2c(OCCCc3n[nH]c(=O)o3)cc(=O)n(C3CC3)c12. The number of nitrogens with one attached hydrogen (secondary N) is 1. The van der Waals surface area contributed by atoms with Crippen molar-refractivity contribution in [2.75, 3.05) is 24.6 Å². The molecule has 0 radical (unpaired) electrons. The van der Waals surface area contributed by atoms with Crippen molar-refractivity contribution in [2.24, 2.45) is 11.7 Å². The van der Waals surface area contributed by atoms with E-state index in [2.05, 4.69) is 15.1 Å². The number of fused-ring (bicyclic) bond motifs is 1. The number of H-pyrrole nitrogens is 1. The van der Waals surface area contributed by atoms with Gasteiger partial charge in [-0.2, -0.15) is 0 Å². The maximum atomic E-state index is 15.5. The van der Waals surface area contributed by atoms with Gasteiger partial charge in [0.25, 0.3) is 5.56 Å². The Kier molecular flexibility index (Phi) is 5.93. The van der Waals surface area contributed by atoms with Crippen molar-refractivity contribution >= 4 is 16.6 Å². The van der Waals surface area contributed by atoms with E-state index in [4.69, 9.17) is 14.9 Å². The van der Waals surface area contributed by atoms with Crippen LogP contribution in [0.1, 0.15) is 50.1 Å². The minimum atomic E-state index is -0.599. The summed E-state index contributed by atoms with van der Waals surface area (Å²) in [6.07, 6.45) is 3.72. The summed E-state index contributed by atoms with van der Waals surface area (Å²) in [4.78, 5) is 26.2. The zero-order valence-corrected chi connectivity index (χ0v) is 19.5. The van der Waals surface area contributed by atoms with E-state index in [0.717, 1.165) is 36.9 Å². The van der Waals surface area contributed by atoms with Gasteiger partial charge in [-0.15, -0.1) is 5.10 Å². The first-order valence-electron chi connectivity index (χ1n) is 11.9. The second-order valence-electron chi connectivity index (χ2n) is 9.49. The molecule has 2 aromatic heterocycles. The van der Waals surface area contributed by atoms with E-state index in [9.17, 15) is 9.59 Å². The summed E-state index contributed by atoms with van der Waals surface area (Å²) in [5, 5.41) is 6.59. The Labute approximate surface area is 195 Å². The third-order valence-corrected chi connectivity index (χ3v) is 6.93. The van der Waals surface area contributed by atoms with Gasteiger partial charge in [-0.3, -0.25) is 4.79 Å². The molecule has 10 heteroatoms. The summed E-state index contributed by atoms with van der Waals surface area (Å²) in [6, 6.07) is 3.14. The summed E-state index contributed by atoms with van der Waals surface area (Å²) in [5.41, 5.74) is 8.01. The molecule has 9 nitrogen and oxygen atoms in total. The zero-order valence-electron chi connectivity index (χ0n) is 19.5. The lowest BCUT2D eigenvalue weighted by Gasteiger charge is -2.25. The standard InChI is InChI=1S/C24H30FN5O4/c1-13-22-17(10-18(25)23(13)29-8-7-15(12-29)14(2)26)19(11-21(31)30(22)16-5-6-16)33-9-3-4-20-27-28-24(32)34-20/h10-11,14-16H,3-9,12,26H2,1-2H3,(H,28,32)/t14-,15+/m0/s1. The fourth-order valence-electron chi connectivity index (χ4n) is 5.02. The minimum Gasteiger partial charge on any atom is -0.493 e. The monoisotopic (exact) mass is 471 g/mol. The maximum Gasteiger partial charge on any atom is 0.434 e. The molecule has 2 fully saturated rings. The zero-order chi connectivity index (χ0) is 24.0. The third kappa shape index (κ3) is 4.22. The van der Waals surface area contributed by atoms with Gasteiger partial charge in [0, 0.05) is 43.0 Å². The number of benzene rings is 1. The van der Waals surface area contributed by atoms with E-state index < -0.39 is 5.76 Å². The van der Waals surface area contributed by atoms with Crippen LogP contribution >= 0.6 is 0 Å². The molecule has 3 aromatic rings. The number of nitrogens with two attached hydrogens (primary N) is 1. The fourth-order valence-corrected chi connectivity index (χ4v) is 5.02. The topological polar surface area (TPSA) is 119 Å². The minimum absolute atomic E-state index is 0.0490. The molecular weight excluding hydrogens is 441 g/mol. The molecule has 182 valence electrons. The van der Waals surface area contributed by atoms with Gasteiger partial charge >= 0.3 is 5.76 Å². The first-order valence-corrected chi connectivity index (χ1v) is 11.9. The Hall–Kier alpha value is -3.14. The molecule has 5 rings (SSSR count). The lowest BCUT2D eigenvalue weighted by atomic mass is 10.0. The number of pyridine rings is 1. The predicted molar refractivity (Wildman–Crippen MR) is 126 cm³/mol. The smallest absolute Gasteiger partial charge is 0.434 e. The van der Waals surface area contributed by atoms with Crippen LogP contribution in [-0.4, -0.2) is 40.5 Å². The van der Waals surface area contributed by atoms with Crippen LogP contribution in [-0.2, 0) is 6.42 Å². The summed E-state index contributed by atoms with van der Waals surface area (Å²) >= 11 is 0. The van der Waals surface area contributed by atoms with E-state index in [1.165, 1.54) is 12.1 Å². The molecule has 3 heterocycles. The molecule has 1 saturated heterocycles. The molecule has 1 aliphatic heterocycles. The van der Waals surface area contributed by atoms with Gasteiger partial charge in [0.15, 0.2) is 0 Å². The van der Waals surface area contributed by atoms with Gasteiger partial charge in [-0.1, -0.05) is 0 Å². The van der Waals surface area contributed by atoms with Crippen molar-refractivity contribution in [1.82, 2.24) is 14.8 Å². The molecular formula is C24H30FN5O4. The average Bonchev–Trinajstić information content (AvgIpc) is 3.34. The Morgan fingerprint density at radius 1 is 1.32 bits per heavy atom. The van der Waals surface area contributed by atoms with E-state index in [0.29, 0.717) is 48.0 Å². The molecule has 1 saturated carbocycles. The summed E-state index contributed by atoms with van der Waals surface area (Å²) in [5.74, 6) is 0.0551. The highest BCUT2D eigenvalue weighted by molar-refractivity contribution is 5.92. The normalized spacial score (nSPS) is 19.2. The molecule has 0 amide bonds. The summed E-state index contributed by atoms with van der Waals surface area (Å²) < 4.78 is 28.2. The van der Waals surface area contributed by atoms with Crippen molar-refractivity contribution < 1.29 is 13.5 Å². The third-order valence-electron chi connectivity index (χ3n) is 6.93. The Morgan fingerprint density at radius 2 is 2.12 bits per heavy atom. The van der Waals surface area contributed by atoms with E-state index in [-0.39, 0.29) is 30.1 Å². The molecule has 1 aliphatic carbocycles. The van der Waals surface area contributed by atoms with Crippen molar-refractivity contribution in [1.29, 1.82) is 0 Å². The molecule has 2 aliphatic rings. The van der Waals surface area contributed by atoms with Gasteiger partial charge in [-0.05, 0) is 57.1 Å². The number of hydrogen-bond acceptors (Lipinski definition) is 7. The molecule has 0 spiro atoms. The molecule has 34 heavy (non-hydrogen) atoms. The van der Waals surface area contributed by atoms with Crippen molar-refractivity contribution in [2.45, 2.75) is 58.0 Å². The molecule has 1 aromatic carbocycles. The van der Waals surface area contributed by atoms with Crippen LogP contribution in [0.3, 0.4) is 0 Å². The highest BCUT2D eigenvalue weighted by Crippen LogP contribution is 2.42. The van der Waals surface area contributed by atoms with Crippen molar-refractivity contribution in [3.05, 3.63) is 50.3 Å². The van der Waals surface area contributed by atoms with Crippen LogP contribution in [0.2, 0.25) is 0 Å². The lowest BCUT2D eigenvalue weighted by Crippen LogP contribution is -2.30. The number of nitrogens with zero attached hydrogens (tertiary/aromatic N) is 3. The Bertz CT molecular complexity index is 1320. The summed E-state index contributed by atoms with van der Waals surface area (Å²) in [6.45, 7) is 5.59. The highest BCUT2D eigenvalue weighted by Gasteiger charge is 2.32. The van der Waals surface area contributed by atoms with Crippen LogP contribution in [0.4, 0.5) is 10.1 Å². The Balaban J connectivity index is 1.49. The van der Waals surface area contributed by atoms with Crippen LogP contribution in [0, 0.1) is 18.7 Å². The van der Waals surface area contributed by atoms with Gasteiger partial charge in [0.2, 0.25) is 5.89 Å². The number of anilines is 1. The van der Waals surface area contributed by atoms with E-state index in [1.807, 2.05) is 13.8 Å². The van der Waals surface area contributed by atoms with Crippen molar-refractivity contribution in [3.8, 4) is 5.75 Å². The van der Waals surface area contributed by atoms with Crippen LogP contribution in [0.25, 0.3) is 10.9 Å². The summed E-state index contributed by atoms with van der Waals surface area (Å²) in [7, 11) is 0. The number of rotatable bonds is 8. The van der Waals surface area contributed by atoms with Gasteiger partial charge < -0.3 is 24.4 Å². The first-order chi connectivity index (χ1) is 16.3. The second-order valence-corrected chi connectivity index (χ2v) is 9.49. The predicted octanol–water partition coefficient (Wildman–Crippen LogP) is 2.65. The maximum absolute atomic E-state index is 15.5. The fraction of sp³-hybridized carbons (Fsp3) is 0.542. The molecule has 2 atom stereocenters. The lowest BCUT2D eigenvalue weighted by molar-refractivity contribution is 0.306. The molecule has 0 bridgehead atoms. The Morgan fingerprint density at radius 3 is 2.76 bits per heavy atom. The number of halogens is 1. The number of aromatic nitrogens is 3. The number of aromatic amines is 1. The highest BCUT2D eigenvalue weighted by atomic mass is 19.1. The van der Waals surface area contributed by atoms with Crippen LogP contribution in [0.5, 0.6) is 5.75 Å². The van der Waals surface area contributed by atoms with Crippen molar-refractivity contribution in [3.63, 3.8) is 0 Å². The molecule has 3 N–H and O–H groups in total. The van der Waals surface area contributed by atoms with Gasteiger partial charge in [-0.25, -0.2) is 14.3 Å². The largest absolute Gasteiger partial charge is 0.493 e. The number of ether oxygens (including phenoxy) is 1. The number of hydrogen-bond donors (Lipinski definition) is 2. The second kappa shape index (κ2) is 8.90. The quantitative estimate of drug-likeness (QED) is 0.485. The molecule has 0 unspecified atom stereocenters.